The molecular formula is C5H13Cl3N4OS. The Kier molecular flexibility index (Phi) is 49.4. The van der Waals surface area contributed by atoms with E-state index in [4.69, 9.17) is 50.6 Å². The first-order valence-electron chi connectivity index (χ1n) is 2.95. The Balaban J connectivity index is -0.0000000482. The van der Waals surface area contributed by atoms with Crippen molar-refractivity contribution < 1.29 is 5.11 Å². The molecule has 0 aliphatic heterocycles. The van der Waals surface area contributed by atoms with E-state index in [0.717, 1.165) is 0 Å². The quantitative estimate of drug-likeness (QED) is 0.151. The van der Waals surface area contributed by atoms with E-state index in [2.05, 4.69) is 24.1 Å². The maximum atomic E-state index is 7.57. The Morgan fingerprint density at radius 3 is 1.57 bits per heavy atom. The molecule has 0 fully saturated rings. The van der Waals surface area contributed by atoms with Gasteiger partial charge in [0.2, 0.25) is 0 Å². The summed E-state index contributed by atoms with van der Waals surface area (Å²) in [7, 11) is 0. The average molecular weight is 284 g/mol. The van der Waals surface area contributed by atoms with E-state index < -0.39 is 4.30 Å². The van der Waals surface area contributed by atoms with Gasteiger partial charge >= 0.3 is 0 Å². The highest BCUT2D eigenvalue weighted by Gasteiger charge is 1.78. The lowest BCUT2D eigenvalue weighted by Crippen LogP contribution is -2.20. The number of thiol groups is 1. The molecule has 0 aromatic carbocycles. The molecule has 0 saturated carbocycles. The summed E-state index contributed by atoms with van der Waals surface area (Å²) < 4.78 is -0.750. The minimum atomic E-state index is -0.750. The Hall–Kier alpha value is -0.0600. The van der Waals surface area contributed by atoms with Crippen LogP contribution < -0.4 is 11.5 Å². The van der Waals surface area contributed by atoms with Crippen molar-refractivity contribution in [3.8, 4) is 5.40 Å². The molecule has 0 rings (SSSR count). The summed E-state index contributed by atoms with van der Waals surface area (Å²) in [5, 5.41) is 22.3. The van der Waals surface area contributed by atoms with Crippen molar-refractivity contribution >= 4 is 53.4 Å². The van der Waals surface area contributed by atoms with Crippen molar-refractivity contribution in [1.82, 2.24) is 0 Å². The van der Waals surface area contributed by atoms with Crippen LogP contribution in [0.25, 0.3) is 0 Å². The van der Waals surface area contributed by atoms with Crippen molar-refractivity contribution in [2.24, 2.45) is 11.5 Å². The molecule has 0 amide bonds. The first kappa shape index (κ1) is 23.6. The number of aliphatic hydroxyl groups is 1. The predicted molar refractivity (Wildman–Crippen MR) is 64.8 cm³/mol. The highest BCUT2D eigenvalue weighted by molar-refractivity contribution is 7.85. The molecule has 0 radical (unpaired) electrons. The Morgan fingerprint density at radius 1 is 1.57 bits per heavy atom. The number of hydrogen-bond donors (Lipinski definition) is 5. The van der Waals surface area contributed by atoms with Crippen molar-refractivity contribution in [1.29, 1.82) is 10.7 Å². The molecule has 14 heavy (non-hydrogen) atoms. The van der Waals surface area contributed by atoms with Crippen LogP contribution in [0.1, 0.15) is 6.92 Å². The monoisotopic (exact) mass is 282 g/mol. The van der Waals surface area contributed by atoms with Crippen LogP contribution in [0.15, 0.2) is 0 Å². The highest BCUT2D eigenvalue weighted by atomic mass is 35.6. The van der Waals surface area contributed by atoms with Gasteiger partial charge in [-0.1, -0.05) is 47.4 Å². The molecule has 0 saturated heterocycles. The lowest BCUT2D eigenvalue weighted by atomic mass is 10.9. The minimum Gasteiger partial charge on any atom is -0.397 e. The number of thiocyanates is 1. The smallest absolute Gasteiger partial charge is 0.183 e. The first-order chi connectivity index (χ1) is 6.29. The van der Waals surface area contributed by atoms with Crippen LogP contribution in [0.5, 0.6) is 0 Å². The van der Waals surface area contributed by atoms with E-state index in [1.54, 1.807) is 6.92 Å². The van der Waals surface area contributed by atoms with Gasteiger partial charge < -0.3 is 16.6 Å². The van der Waals surface area contributed by atoms with Crippen LogP contribution in [0, 0.1) is 16.1 Å². The molecule has 0 aliphatic carbocycles. The van der Waals surface area contributed by atoms with Crippen LogP contribution in [0.3, 0.4) is 0 Å². The Labute approximate surface area is 104 Å². The number of guanidine groups is 1. The van der Waals surface area contributed by atoms with Crippen molar-refractivity contribution in [2.75, 3.05) is 6.61 Å². The third-order valence-electron chi connectivity index (χ3n) is 0. The summed E-state index contributed by atoms with van der Waals surface area (Å²) >= 11 is 17.5. The van der Waals surface area contributed by atoms with Gasteiger partial charge in [-0.05, 0) is 6.92 Å². The molecule has 0 atom stereocenters. The second-order valence-corrected chi connectivity index (χ2v) is 3.30. The fraction of sp³-hybridized carbons (Fsp3) is 0.600. The van der Waals surface area contributed by atoms with E-state index in [-0.39, 0.29) is 12.6 Å². The van der Waals surface area contributed by atoms with Crippen LogP contribution in [0.4, 0.5) is 0 Å². The van der Waals surface area contributed by atoms with Gasteiger partial charge in [-0.15, -0.1) is 0 Å². The molecule has 5 nitrogen and oxygen atoms in total. The third-order valence-corrected chi connectivity index (χ3v) is 0. The van der Waals surface area contributed by atoms with Crippen LogP contribution in [0.2, 0.25) is 0 Å². The zero-order valence-corrected chi connectivity index (χ0v) is 10.6. The number of halogens is 3. The summed E-state index contributed by atoms with van der Waals surface area (Å²) in [4.78, 5) is 0. The molecule has 0 aromatic rings. The lowest BCUT2D eigenvalue weighted by molar-refractivity contribution is 0.318. The van der Waals surface area contributed by atoms with E-state index >= 15 is 0 Å². The van der Waals surface area contributed by atoms with Gasteiger partial charge in [-0.3, -0.25) is 5.41 Å². The molecule has 0 spiro atoms. The van der Waals surface area contributed by atoms with E-state index in [0.29, 0.717) is 0 Å². The van der Waals surface area contributed by atoms with Gasteiger partial charge in [0.15, 0.2) is 10.3 Å². The topological polar surface area (TPSA) is 120 Å². The number of aliphatic hydroxyl groups excluding tert-OH is 1. The molecule has 86 valence electrons. The van der Waals surface area contributed by atoms with Gasteiger partial charge in [0.1, 0.15) is 5.40 Å². The van der Waals surface area contributed by atoms with Gasteiger partial charge in [0.05, 0.1) is 0 Å². The number of nitriles is 1. The maximum absolute atomic E-state index is 7.57. The second-order valence-electron chi connectivity index (χ2n) is 1.12. The van der Waals surface area contributed by atoms with Crippen LogP contribution in [-0.4, -0.2) is 22.0 Å². The summed E-state index contributed by atoms with van der Waals surface area (Å²) in [6.45, 7) is 1.93. The molecular weight excluding hydrogens is 271 g/mol. The van der Waals surface area contributed by atoms with E-state index in [9.17, 15) is 0 Å². The number of hydrogen-bond acceptors (Lipinski definition) is 4. The van der Waals surface area contributed by atoms with Crippen molar-refractivity contribution in [3.05, 3.63) is 0 Å². The number of alkyl halides is 3. The van der Waals surface area contributed by atoms with Crippen LogP contribution >= 0.6 is 47.4 Å². The highest BCUT2D eigenvalue weighted by Crippen LogP contribution is 2.03. The van der Waals surface area contributed by atoms with Gasteiger partial charge in [0, 0.05) is 6.61 Å². The number of nitrogens with two attached hydrogens (primary N) is 2. The molecule has 0 aromatic heterocycles. The summed E-state index contributed by atoms with van der Waals surface area (Å²) in [6, 6.07) is 0. The molecule has 0 bridgehead atoms. The van der Waals surface area contributed by atoms with Gasteiger partial charge in [-0.2, -0.15) is 5.26 Å². The van der Waals surface area contributed by atoms with E-state index in [1.807, 2.05) is 0 Å². The Morgan fingerprint density at radius 2 is 1.57 bits per heavy atom. The third kappa shape index (κ3) is 397000. The van der Waals surface area contributed by atoms with Crippen LogP contribution in [-0.2, 0) is 0 Å². The largest absolute Gasteiger partial charge is 0.397 e. The minimum absolute atomic E-state index is 0.250. The van der Waals surface area contributed by atoms with Crippen molar-refractivity contribution in [3.63, 3.8) is 0 Å². The predicted octanol–water partition coefficient (Wildman–Crippen LogP) is 1.22. The van der Waals surface area contributed by atoms with Gasteiger partial charge in [-0.25, -0.2) is 0 Å². The zero-order valence-electron chi connectivity index (χ0n) is 7.41. The first-order valence-corrected chi connectivity index (χ1v) is 4.71. The number of rotatable bonds is 0. The maximum Gasteiger partial charge on any atom is 0.183 e. The molecule has 6 N–H and O–H groups in total. The fourth-order valence-electron chi connectivity index (χ4n) is 0. The average Bonchev–Trinajstić information content (AvgIpc) is 1.85. The number of nitrogens with zero attached hydrogens (tertiary/aromatic N) is 1. The van der Waals surface area contributed by atoms with E-state index in [1.165, 1.54) is 5.40 Å². The normalized spacial score (nSPS) is 6.14. The summed E-state index contributed by atoms with van der Waals surface area (Å²) in [5.74, 6) is -0.333. The van der Waals surface area contributed by atoms with Gasteiger partial charge in [0.25, 0.3) is 0 Å². The fourth-order valence-corrected chi connectivity index (χ4v) is 0. The second kappa shape index (κ2) is 29.3. The summed E-state index contributed by atoms with van der Waals surface area (Å²) in [5.41, 5.74) is 8.94. The number of nitrogens with one attached hydrogen (secondary N) is 1. The molecule has 0 heterocycles. The lowest BCUT2D eigenvalue weighted by Gasteiger charge is -1.69. The molecule has 9 heteroatoms. The van der Waals surface area contributed by atoms with Crippen molar-refractivity contribution in [2.45, 2.75) is 11.2 Å². The standard InChI is InChI=1S/C2H6O.CHCl3.CH5N3.CHNS/c1-2-3;2*2-1(3)4;2-1-3/h3H,2H2,1H3;1H;(H5,2,3,4);3H. The zero-order chi connectivity index (χ0) is 12.6. The summed E-state index contributed by atoms with van der Waals surface area (Å²) in [6.07, 6.45) is 0. The SMILES string of the molecule is CCO.ClC(Cl)Cl.N#CS.N=C(N)N. The Bertz CT molecular complexity index is 135. The molecule has 0 unspecified atom stereocenters. The molecule has 0 aliphatic rings.